The molecular weight excluding hydrogens is 310 g/mol. The Morgan fingerprint density at radius 2 is 1.95 bits per heavy atom. The van der Waals surface area contributed by atoms with Gasteiger partial charge in [0.05, 0.1) is 11.6 Å². The van der Waals surface area contributed by atoms with Crippen molar-refractivity contribution in [2.24, 2.45) is 0 Å². The SMILES string of the molecule is CC(COc1cc(Cl)cc(C(=O)O)c1)NC(=O)OC(C)(C)C. The van der Waals surface area contributed by atoms with Crippen molar-refractivity contribution in [1.29, 1.82) is 0 Å². The highest BCUT2D eigenvalue weighted by molar-refractivity contribution is 6.31. The van der Waals surface area contributed by atoms with E-state index in [9.17, 15) is 9.59 Å². The highest BCUT2D eigenvalue weighted by atomic mass is 35.5. The Morgan fingerprint density at radius 3 is 2.50 bits per heavy atom. The number of ether oxygens (including phenoxy) is 2. The van der Waals surface area contributed by atoms with Gasteiger partial charge in [-0.1, -0.05) is 11.6 Å². The molecule has 1 amide bonds. The molecule has 0 spiro atoms. The number of carbonyl (C=O) groups excluding carboxylic acids is 1. The summed E-state index contributed by atoms with van der Waals surface area (Å²) in [7, 11) is 0. The fourth-order valence-corrected chi connectivity index (χ4v) is 1.77. The van der Waals surface area contributed by atoms with E-state index in [2.05, 4.69) is 5.32 Å². The second-order valence-corrected chi connectivity index (χ2v) is 6.28. The molecule has 0 aromatic heterocycles. The number of amides is 1. The molecule has 0 aliphatic heterocycles. The molecule has 1 unspecified atom stereocenters. The molecule has 0 bridgehead atoms. The van der Waals surface area contributed by atoms with E-state index in [-0.39, 0.29) is 23.2 Å². The Morgan fingerprint density at radius 1 is 1.32 bits per heavy atom. The van der Waals surface area contributed by atoms with Crippen molar-refractivity contribution in [1.82, 2.24) is 5.32 Å². The Hall–Kier alpha value is -1.95. The first-order valence-electron chi connectivity index (χ1n) is 6.73. The molecule has 0 aliphatic rings. The zero-order valence-electron chi connectivity index (χ0n) is 13.0. The number of carboxylic acid groups (broad SMARTS) is 1. The van der Waals surface area contributed by atoms with Crippen molar-refractivity contribution in [2.75, 3.05) is 6.61 Å². The van der Waals surface area contributed by atoms with Crippen LogP contribution in [0, 0.1) is 0 Å². The molecule has 1 atom stereocenters. The highest BCUT2D eigenvalue weighted by Gasteiger charge is 2.18. The molecule has 1 rings (SSSR count). The minimum atomic E-state index is -1.09. The molecule has 2 N–H and O–H groups in total. The van der Waals surface area contributed by atoms with Crippen LogP contribution >= 0.6 is 11.6 Å². The average Bonchev–Trinajstić information content (AvgIpc) is 2.33. The normalized spacial score (nSPS) is 12.4. The van der Waals surface area contributed by atoms with E-state index in [1.54, 1.807) is 27.7 Å². The lowest BCUT2D eigenvalue weighted by Crippen LogP contribution is -2.40. The van der Waals surface area contributed by atoms with Gasteiger partial charge in [-0.3, -0.25) is 0 Å². The van der Waals surface area contributed by atoms with Gasteiger partial charge in [-0.05, 0) is 45.9 Å². The lowest BCUT2D eigenvalue weighted by Gasteiger charge is -2.22. The second-order valence-electron chi connectivity index (χ2n) is 5.84. The molecule has 0 fully saturated rings. The van der Waals surface area contributed by atoms with Gasteiger partial charge >= 0.3 is 12.1 Å². The largest absolute Gasteiger partial charge is 0.491 e. The van der Waals surface area contributed by atoms with Crippen molar-refractivity contribution in [2.45, 2.75) is 39.3 Å². The summed E-state index contributed by atoms with van der Waals surface area (Å²) in [5, 5.41) is 11.8. The number of hydrogen-bond donors (Lipinski definition) is 2. The van der Waals surface area contributed by atoms with Crippen molar-refractivity contribution < 1.29 is 24.2 Å². The number of carbonyl (C=O) groups is 2. The maximum Gasteiger partial charge on any atom is 0.407 e. The van der Waals surface area contributed by atoms with Crippen LogP contribution in [0.2, 0.25) is 5.02 Å². The van der Waals surface area contributed by atoms with Crippen LogP contribution in [-0.2, 0) is 4.74 Å². The summed E-state index contributed by atoms with van der Waals surface area (Å²) in [6, 6.07) is 3.89. The van der Waals surface area contributed by atoms with Crippen LogP contribution in [-0.4, -0.2) is 35.4 Å². The third kappa shape index (κ3) is 6.67. The third-order valence-electron chi connectivity index (χ3n) is 2.38. The Bertz CT molecular complexity index is 553. The summed E-state index contributed by atoms with van der Waals surface area (Å²) in [5.41, 5.74) is -0.538. The van der Waals surface area contributed by atoms with Crippen molar-refractivity contribution in [3.63, 3.8) is 0 Å². The molecule has 0 saturated carbocycles. The van der Waals surface area contributed by atoms with Crippen LogP contribution in [0.5, 0.6) is 5.75 Å². The predicted molar refractivity (Wildman–Crippen MR) is 82.7 cm³/mol. The van der Waals surface area contributed by atoms with Gasteiger partial charge < -0.3 is 19.9 Å². The zero-order valence-corrected chi connectivity index (χ0v) is 13.7. The number of carboxylic acids is 1. The van der Waals surface area contributed by atoms with Crippen molar-refractivity contribution in [3.8, 4) is 5.75 Å². The summed E-state index contributed by atoms with van der Waals surface area (Å²) in [5.74, 6) is -0.769. The molecule has 1 aromatic rings. The van der Waals surface area contributed by atoms with E-state index in [1.807, 2.05) is 0 Å². The Balaban J connectivity index is 2.55. The van der Waals surface area contributed by atoms with E-state index in [0.29, 0.717) is 5.75 Å². The van der Waals surface area contributed by atoms with Crippen LogP contribution in [0.15, 0.2) is 18.2 Å². The van der Waals surface area contributed by atoms with Gasteiger partial charge in [0.15, 0.2) is 0 Å². The summed E-state index contributed by atoms with van der Waals surface area (Å²) >= 11 is 5.83. The lowest BCUT2D eigenvalue weighted by atomic mass is 10.2. The quantitative estimate of drug-likeness (QED) is 0.865. The molecule has 0 saturated heterocycles. The molecule has 1 aromatic carbocycles. The smallest absolute Gasteiger partial charge is 0.407 e. The van der Waals surface area contributed by atoms with Gasteiger partial charge in [0, 0.05) is 5.02 Å². The number of benzene rings is 1. The topological polar surface area (TPSA) is 84.9 Å². The van der Waals surface area contributed by atoms with Gasteiger partial charge in [-0.15, -0.1) is 0 Å². The average molecular weight is 330 g/mol. The molecule has 0 aliphatic carbocycles. The predicted octanol–water partition coefficient (Wildman–Crippen LogP) is 3.33. The summed E-state index contributed by atoms with van der Waals surface area (Å²) in [6.07, 6.45) is -0.541. The van der Waals surface area contributed by atoms with Crippen LogP contribution in [0.4, 0.5) is 4.79 Å². The van der Waals surface area contributed by atoms with Crippen molar-refractivity contribution in [3.05, 3.63) is 28.8 Å². The number of hydrogen-bond acceptors (Lipinski definition) is 4. The van der Waals surface area contributed by atoms with Crippen LogP contribution < -0.4 is 10.1 Å². The molecular formula is C15H20ClNO5. The lowest BCUT2D eigenvalue weighted by molar-refractivity contribution is 0.0493. The van der Waals surface area contributed by atoms with Crippen LogP contribution in [0.1, 0.15) is 38.1 Å². The number of alkyl carbamates (subject to hydrolysis) is 1. The first-order valence-corrected chi connectivity index (χ1v) is 7.11. The van der Waals surface area contributed by atoms with E-state index in [0.717, 1.165) is 0 Å². The van der Waals surface area contributed by atoms with E-state index < -0.39 is 17.7 Å². The number of nitrogens with one attached hydrogen (secondary N) is 1. The monoisotopic (exact) mass is 329 g/mol. The fraction of sp³-hybridized carbons (Fsp3) is 0.467. The number of halogens is 1. The first-order chi connectivity index (χ1) is 10.1. The van der Waals surface area contributed by atoms with Crippen LogP contribution in [0.25, 0.3) is 0 Å². The Labute approximate surface area is 134 Å². The molecule has 7 heteroatoms. The summed E-state index contributed by atoms with van der Waals surface area (Å²) in [4.78, 5) is 22.5. The summed E-state index contributed by atoms with van der Waals surface area (Å²) < 4.78 is 10.6. The minimum Gasteiger partial charge on any atom is -0.491 e. The standard InChI is InChI=1S/C15H20ClNO5/c1-9(17-14(20)22-15(2,3)4)8-21-12-6-10(13(18)19)5-11(16)7-12/h5-7,9H,8H2,1-4H3,(H,17,20)(H,18,19). The van der Waals surface area contributed by atoms with E-state index in [4.69, 9.17) is 26.2 Å². The Kier molecular flexibility index (Phi) is 6.05. The van der Waals surface area contributed by atoms with Gasteiger partial charge in [0.25, 0.3) is 0 Å². The second kappa shape index (κ2) is 7.35. The third-order valence-corrected chi connectivity index (χ3v) is 2.60. The zero-order chi connectivity index (χ0) is 16.9. The molecule has 0 heterocycles. The number of rotatable bonds is 5. The highest BCUT2D eigenvalue weighted by Crippen LogP contribution is 2.21. The number of aromatic carboxylic acids is 1. The summed E-state index contributed by atoms with van der Waals surface area (Å²) in [6.45, 7) is 7.21. The first kappa shape index (κ1) is 18.1. The van der Waals surface area contributed by atoms with E-state index >= 15 is 0 Å². The van der Waals surface area contributed by atoms with Crippen LogP contribution in [0.3, 0.4) is 0 Å². The molecule has 122 valence electrons. The minimum absolute atomic E-state index is 0.0373. The van der Waals surface area contributed by atoms with Gasteiger partial charge in [-0.2, -0.15) is 0 Å². The maximum absolute atomic E-state index is 11.6. The molecule has 0 radical (unpaired) electrons. The van der Waals surface area contributed by atoms with Gasteiger partial charge in [-0.25, -0.2) is 9.59 Å². The fourth-order valence-electron chi connectivity index (χ4n) is 1.54. The van der Waals surface area contributed by atoms with Gasteiger partial charge in [0.1, 0.15) is 18.0 Å². The molecule has 6 nitrogen and oxygen atoms in total. The van der Waals surface area contributed by atoms with E-state index in [1.165, 1.54) is 18.2 Å². The maximum atomic E-state index is 11.6. The van der Waals surface area contributed by atoms with Crippen molar-refractivity contribution >= 4 is 23.7 Å². The van der Waals surface area contributed by atoms with Gasteiger partial charge in [0.2, 0.25) is 0 Å². The molecule has 22 heavy (non-hydrogen) atoms.